The van der Waals surface area contributed by atoms with Gasteiger partial charge in [0.2, 0.25) is 0 Å². The molecule has 3 atom stereocenters. The summed E-state index contributed by atoms with van der Waals surface area (Å²) in [5, 5.41) is 0. The van der Waals surface area contributed by atoms with Crippen LogP contribution in [0.15, 0.2) is 30.4 Å². The second-order valence-corrected chi connectivity index (χ2v) is 5.45. The van der Waals surface area contributed by atoms with E-state index in [-0.39, 0.29) is 12.1 Å². The maximum Gasteiger partial charge on any atom is 0.128 e. The standard InChI is InChI=1S/C16H21NO2/c1-18-12-7-8-13-14(17)10-15(19-16(13)9-12)11-5-3-2-4-6-11/h2-3,7-9,11,14-15H,4-6,10,17H2,1H3/t11?,14-,15?/m0/s1. The van der Waals surface area contributed by atoms with Gasteiger partial charge in [-0.3, -0.25) is 0 Å². The Hall–Kier alpha value is -1.48. The van der Waals surface area contributed by atoms with Gasteiger partial charge in [0.05, 0.1) is 7.11 Å². The minimum Gasteiger partial charge on any atom is -0.497 e. The van der Waals surface area contributed by atoms with Crippen LogP contribution in [0.1, 0.15) is 37.3 Å². The van der Waals surface area contributed by atoms with E-state index in [1.807, 2.05) is 18.2 Å². The number of allylic oxidation sites excluding steroid dienone is 2. The largest absolute Gasteiger partial charge is 0.497 e. The van der Waals surface area contributed by atoms with E-state index in [4.69, 9.17) is 15.2 Å². The molecule has 0 saturated carbocycles. The number of fused-ring (bicyclic) bond motifs is 1. The van der Waals surface area contributed by atoms with Crippen molar-refractivity contribution >= 4 is 0 Å². The lowest BCUT2D eigenvalue weighted by atomic mass is 9.84. The lowest BCUT2D eigenvalue weighted by Gasteiger charge is -2.35. The number of hydrogen-bond donors (Lipinski definition) is 1. The molecule has 1 aliphatic heterocycles. The van der Waals surface area contributed by atoms with Crippen LogP contribution >= 0.6 is 0 Å². The zero-order chi connectivity index (χ0) is 13.2. The fourth-order valence-corrected chi connectivity index (χ4v) is 3.08. The predicted octanol–water partition coefficient (Wildman–Crippen LogP) is 3.20. The van der Waals surface area contributed by atoms with Crippen LogP contribution in [0, 0.1) is 5.92 Å². The molecule has 102 valence electrons. The average Bonchev–Trinajstić information content (AvgIpc) is 2.47. The number of hydrogen-bond acceptors (Lipinski definition) is 3. The van der Waals surface area contributed by atoms with E-state index in [2.05, 4.69) is 12.2 Å². The Labute approximate surface area is 114 Å². The third kappa shape index (κ3) is 2.47. The minimum absolute atomic E-state index is 0.0746. The molecule has 1 heterocycles. The quantitative estimate of drug-likeness (QED) is 0.829. The predicted molar refractivity (Wildman–Crippen MR) is 75.4 cm³/mol. The Morgan fingerprint density at radius 3 is 2.95 bits per heavy atom. The molecule has 3 heteroatoms. The smallest absolute Gasteiger partial charge is 0.128 e. The number of benzene rings is 1. The number of methoxy groups -OCH3 is 1. The van der Waals surface area contributed by atoms with Crippen LogP contribution in [0.25, 0.3) is 0 Å². The van der Waals surface area contributed by atoms with Gasteiger partial charge in [-0.1, -0.05) is 18.2 Å². The molecular formula is C16H21NO2. The fourth-order valence-electron chi connectivity index (χ4n) is 3.08. The molecule has 1 aromatic rings. The Kier molecular flexibility index (Phi) is 3.47. The van der Waals surface area contributed by atoms with Crippen molar-refractivity contribution in [1.29, 1.82) is 0 Å². The first-order valence-corrected chi connectivity index (χ1v) is 7.03. The molecule has 0 amide bonds. The summed E-state index contributed by atoms with van der Waals surface area (Å²) in [4.78, 5) is 0. The third-order valence-corrected chi connectivity index (χ3v) is 4.22. The van der Waals surface area contributed by atoms with Gasteiger partial charge >= 0.3 is 0 Å². The van der Waals surface area contributed by atoms with Gasteiger partial charge in [0, 0.05) is 24.1 Å². The highest BCUT2D eigenvalue weighted by molar-refractivity contribution is 5.43. The summed E-state index contributed by atoms with van der Waals surface area (Å²) in [5.74, 6) is 2.32. The lowest BCUT2D eigenvalue weighted by molar-refractivity contribution is 0.0934. The number of nitrogens with two attached hydrogens (primary N) is 1. The molecule has 3 rings (SSSR count). The van der Waals surface area contributed by atoms with Gasteiger partial charge in [-0.25, -0.2) is 0 Å². The second kappa shape index (κ2) is 5.25. The first-order chi connectivity index (χ1) is 9.28. The van der Waals surface area contributed by atoms with Crippen molar-refractivity contribution in [3.63, 3.8) is 0 Å². The van der Waals surface area contributed by atoms with E-state index in [1.54, 1.807) is 7.11 Å². The molecule has 2 aliphatic rings. The van der Waals surface area contributed by atoms with Gasteiger partial charge in [-0.15, -0.1) is 0 Å². The summed E-state index contributed by atoms with van der Waals surface area (Å²) in [6, 6.07) is 6.01. The summed E-state index contributed by atoms with van der Waals surface area (Å²) < 4.78 is 11.5. The van der Waals surface area contributed by atoms with Gasteiger partial charge < -0.3 is 15.2 Å². The van der Waals surface area contributed by atoms with Crippen LogP contribution in [0.5, 0.6) is 11.5 Å². The van der Waals surface area contributed by atoms with Crippen molar-refractivity contribution < 1.29 is 9.47 Å². The Morgan fingerprint density at radius 1 is 1.32 bits per heavy atom. The van der Waals surface area contributed by atoms with Crippen LogP contribution in [0.3, 0.4) is 0 Å². The zero-order valence-corrected chi connectivity index (χ0v) is 11.3. The molecular weight excluding hydrogens is 238 g/mol. The maximum atomic E-state index is 6.30. The summed E-state index contributed by atoms with van der Waals surface area (Å²) >= 11 is 0. The van der Waals surface area contributed by atoms with Crippen LogP contribution in [-0.2, 0) is 0 Å². The van der Waals surface area contributed by atoms with Gasteiger partial charge in [0.15, 0.2) is 0 Å². The summed E-state index contributed by atoms with van der Waals surface area (Å²) in [5.41, 5.74) is 7.40. The Bertz CT molecular complexity index is 484. The van der Waals surface area contributed by atoms with E-state index in [0.717, 1.165) is 36.3 Å². The highest BCUT2D eigenvalue weighted by atomic mass is 16.5. The number of ether oxygens (including phenoxy) is 2. The highest BCUT2D eigenvalue weighted by Crippen LogP contribution is 2.39. The molecule has 2 unspecified atom stereocenters. The summed E-state index contributed by atoms with van der Waals surface area (Å²) in [6.07, 6.45) is 9.15. The Balaban J connectivity index is 1.83. The van der Waals surface area contributed by atoms with Gasteiger partial charge in [0.25, 0.3) is 0 Å². The van der Waals surface area contributed by atoms with E-state index in [0.29, 0.717) is 5.92 Å². The zero-order valence-electron chi connectivity index (χ0n) is 11.3. The monoisotopic (exact) mass is 259 g/mol. The van der Waals surface area contributed by atoms with Crippen LogP contribution in [-0.4, -0.2) is 13.2 Å². The normalized spacial score (nSPS) is 29.5. The maximum absolute atomic E-state index is 6.30. The van der Waals surface area contributed by atoms with Crippen LogP contribution in [0.4, 0.5) is 0 Å². The van der Waals surface area contributed by atoms with Crippen molar-refractivity contribution in [1.82, 2.24) is 0 Å². The first-order valence-electron chi connectivity index (χ1n) is 7.03. The highest BCUT2D eigenvalue weighted by Gasteiger charge is 2.31. The Morgan fingerprint density at radius 2 is 2.21 bits per heavy atom. The second-order valence-electron chi connectivity index (χ2n) is 5.45. The van der Waals surface area contributed by atoms with Crippen molar-refractivity contribution in [2.24, 2.45) is 11.7 Å². The molecule has 0 bridgehead atoms. The van der Waals surface area contributed by atoms with E-state index in [9.17, 15) is 0 Å². The van der Waals surface area contributed by atoms with Crippen molar-refractivity contribution in [2.45, 2.75) is 37.8 Å². The minimum atomic E-state index is 0.0746. The molecule has 1 aliphatic carbocycles. The molecule has 3 nitrogen and oxygen atoms in total. The molecule has 0 spiro atoms. The average molecular weight is 259 g/mol. The fraction of sp³-hybridized carbons (Fsp3) is 0.500. The molecule has 19 heavy (non-hydrogen) atoms. The molecule has 2 N–H and O–H groups in total. The SMILES string of the molecule is COc1ccc2c(c1)OC(C1CC=CCC1)C[C@@H]2N. The van der Waals surface area contributed by atoms with E-state index < -0.39 is 0 Å². The number of rotatable bonds is 2. The molecule has 0 fully saturated rings. The molecule has 0 aromatic heterocycles. The van der Waals surface area contributed by atoms with Gasteiger partial charge in [-0.2, -0.15) is 0 Å². The lowest BCUT2D eigenvalue weighted by Crippen LogP contribution is -2.35. The van der Waals surface area contributed by atoms with Crippen LogP contribution < -0.4 is 15.2 Å². The molecule has 0 radical (unpaired) electrons. The van der Waals surface area contributed by atoms with E-state index in [1.165, 1.54) is 6.42 Å². The summed E-state index contributed by atoms with van der Waals surface area (Å²) in [7, 11) is 1.67. The summed E-state index contributed by atoms with van der Waals surface area (Å²) in [6.45, 7) is 0. The first kappa shape index (κ1) is 12.5. The van der Waals surface area contributed by atoms with Crippen molar-refractivity contribution in [2.75, 3.05) is 7.11 Å². The molecule has 0 saturated heterocycles. The van der Waals surface area contributed by atoms with Crippen LogP contribution in [0.2, 0.25) is 0 Å². The van der Waals surface area contributed by atoms with Crippen molar-refractivity contribution in [3.8, 4) is 11.5 Å². The molecule has 1 aromatic carbocycles. The van der Waals surface area contributed by atoms with Crippen molar-refractivity contribution in [3.05, 3.63) is 35.9 Å². The van der Waals surface area contributed by atoms with Gasteiger partial charge in [0.1, 0.15) is 17.6 Å². The third-order valence-electron chi connectivity index (χ3n) is 4.22. The van der Waals surface area contributed by atoms with Gasteiger partial charge in [-0.05, 0) is 31.2 Å². The van der Waals surface area contributed by atoms with E-state index >= 15 is 0 Å². The topological polar surface area (TPSA) is 44.5 Å².